The van der Waals surface area contributed by atoms with Crippen LogP contribution in [0, 0.1) is 0 Å². The Hall–Kier alpha value is -3.39. The summed E-state index contributed by atoms with van der Waals surface area (Å²) >= 11 is 1.33. The van der Waals surface area contributed by atoms with Gasteiger partial charge in [-0.3, -0.25) is 9.59 Å². The SMILES string of the molecule is Cn1c(=NC(=O)c2coc3ccccc3c2=O)sc2cc3c(cc21)OCO3. The number of amides is 1. The molecule has 0 fully saturated rings. The van der Waals surface area contributed by atoms with Crippen LogP contribution in [0.25, 0.3) is 21.2 Å². The molecule has 5 rings (SSSR count). The maximum atomic E-state index is 12.6. The van der Waals surface area contributed by atoms with E-state index in [9.17, 15) is 9.59 Å². The minimum absolute atomic E-state index is 0.0969. The summed E-state index contributed by atoms with van der Waals surface area (Å²) in [6.45, 7) is 0.198. The third-order valence-electron chi connectivity index (χ3n) is 4.41. The summed E-state index contributed by atoms with van der Waals surface area (Å²) in [5, 5.41) is 0.352. The number of aryl methyl sites for hydroxylation is 1. The van der Waals surface area contributed by atoms with E-state index in [1.165, 1.54) is 17.6 Å². The van der Waals surface area contributed by atoms with E-state index in [0.29, 0.717) is 27.3 Å². The van der Waals surface area contributed by atoms with Gasteiger partial charge >= 0.3 is 0 Å². The van der Waals surface area contributed by atoms with Crippen molar-refractivity contribution in [1.82, 2.24) is 4.57 Å². The van der Waals surface area contributed by atoms with Gasteiger partial charge in [0.15, 0.2) is 16.3 Å². The van der Waals surface area contributed by atoms with E-state index in [2.05, 4.69) is 4.99 Å². The largest absolute Gasteiger partial charge is 0.463 e. The molecule has 0 spiro atoms. The highest BCUT2D eigenvalue weighted by Gasteiger charge is 2.18. The van der Waals surface area contributed by atoms with E-state index >= 15 is 0 Å². The molecule has 8 heteroatoms. The van der Waals surface area contributed by atoms with Crippen LogP contribution in [-0.2, 0) is 7.05 Å². The van der Waals surface area contributed by atoms with Crippen LogP contribution < -0.4 is 19.7 Å². The Balaban J connectivity index is 1.65. The summed E-state index contributed by atoms with van der Waals surface area (Å²) in [5.74, 6) is 0.679. The molecule has 7 nitrogen and oxygen atoms in total. The predicted molar refractivity (Wildman–Crippen MR) is 99.3 cm³/mol. The zero-order valence-corrected chi connectivity index (χ0v) is 14.9. The van der Waals surface area contributed by atoms with Crippen molar-refractivity contribution < 1.29 is 18.7 Å². The standard InChI is InChI=1S/C19H12N2O5S/c1-21-12-6-14-15(26-9-25-14)7-16(12)27-19(21)20-18(23)11-8-24-13-5-3-2-4-10(13)17(11)22/h2-8H,9H2,1H3. The first-order valence-corrected chi connectivity index (χ1v) is 8.92. The molecule has 0 saturated heterocycles. The number of hydrogen-bond donors (Lipinski definition) is 0. The van der Waals surface area contributed by atoms with Gasteiger partial charge in [-0.05, 0) is 12.1 Å². The molecule has 1 aliphatic rings. The molecule has 0 saturated carbocycles. The fraction of sp³-hybridized carbons (Fsp3) is 0.105. The smallest absolute Gasteiger partial charge is 0.286 e. The molecule has 2 aromatic carbocycles. The highest BCUT2D eigenvalue weighted by atomic mass is 32.1. The van der Waals surface area contributed by atoms with Gasteiger partial charge in [-0.2, -0.15) is 4.99 Å². The van der Waals surface area contributed by atoms with Crippen LogP contribution in [0.4, 0.5) is 0 Å². The van der Waals surface area contributed by atoms with Gasteiger partial charge in [0.1, 0.15) is 17.4 Å². The first-order valence-electron chi connectivity index (χ1n) is 8.10. The lowest BCUT2D eigenvalue weighted by Gasteiger charge is -1.99. The zero-order chi connectivity index (χ0) is 18.5. The number of thiazole rings is 1. The minimum Gasteiger partial charge on any atom is -0.463 e. The number of para-hydroxylation sites is 1. The van der Waals surface area contributed by atoms with E-state index in [4.69, 9.17) is 13.9 Å². The molecule has 0 radical (unpaired) electrons. The van der Waals surface area contributed by atoms with E-state index in [-0.39, 0.29) is 12.4 Å². The lowest BCUT2D eigenvalue weighted by atomic mass is 10.2. The van der Waals surface area contributed by atoms with E-state index in [1.807, 2.05) is 12.1 Å². The molecule has 0 N–H and O–H groups in total. The molecular weight excluding hydrogens is 368 g/mol. The second-order valence-corrected chi connectivity index (χ2v) is 7.02. The topological polar surface area (TPSA) is 83.0 Å². The van der Waals surface area contributed by atoms with Crippen molar-refractivity contribution in [3.05, 3.63) is 63.2 Å². The third kappa shape index (κ3) is 2.45. The molecule has 0 atom stereocenters. The van der Waals surface area contributed by atoms with Crippen LogP contribution in [0.3, 0.4) is 0 Å². The first kappa shape index (κ1) is 15.8. The Bertz CT molecular complexity index is 1360. The molecule has 0 unspecified atom stereocenters. The summed E-state index contributed by atoms with van der Waals surface area (Å²) < 4.78 is 18.9. The first-order chi connectivity index (χ1) is 13.1. The summed E-state index contributed by atoms with van der Waals surface area (Å²) in [7, 11) is 1.80. The maximum Gasteiger partial charge on any atom is 0.286 e. The molecular formula is C19H12N2O5S. The fourth-order valence-corrected chi connectivity index (χ4v) is 4.02. The number of benzene rings is 2. The number of nitrogens with zero attached hydrogens (tertiary/aromatic N) is 2. The van der Waals surface area contributed by atoms with Gasteiger partial charge in [0.2, 0.25) is 12.2 Å². The average molecular weight is 380 g/mol. The number of rotatable bonds is 1. The Morgan fingerprint density at radius 3 is 2.81 bits per heavy atom. The van der Waals surface area contributed by atoms with Crippen molar-refractivity contribution in [2.24, 2.45) is 12.0 Å². The van der Waals surface area contributed by atoms with E-state index in [1.54, 1.807) is 35.9 Å². The van der Waals surface area contributed by atoms with Crippen molar-refractivity contribution in [2.45, 2.75) is 0 Å². The molecule has 1 aliphatic heterocycles. The lowest BCUT2D eigenvalue weighted by Crippen LogP contribution is -2.18. The van der Waals surface area contributed by atoms with Gasteiger partial charge < -0.3 is 18.5 Å². The molecule has 2 aromatic heterocycles. The van der Waals surface area contributed by atoms with Crippen LogP contribution in [0.1, 0.15) is 10.4 Å². The molecule has 0 bridgehead atoms. The predicted octanol–water partition coefficient (Wildman–Crippen LogP) is 2.82. The molecule has 134 valence electrons. The summed E-state index contributed by atoms with van der Waals surface area (Å²) in [6.07, 6.45) is 1.17. The Morgan fingerprint density at radius 1 is 1.19 bits per heavy atom. The second kappa shape index (κ2) is 5.82. The van der Waals surface area contributed by atoms with Crippen LogP contribution in [0.15, 0.2) is 56.9 Å². The normalized spacial score (nSPS) is 13.6. The van der Waals surface area contributed by atoms with Gasteiger partial charge in [-0.15, -0.1) is 0 Å². The number of fused-ring (bicyclic) bond motifs is 3. The van der Waals surface area contributed by atoms with Crippen molar-refractivity contribution in [3.63, 3.8) is 0 Å². The van der Waals surface area contributed by atoms with Gasteiger partial charge in [0.25, 0.3) is 5.91 Å². The third-order valence-corrected chi connectivity index (χ3v) is 5.51. The van der Waals surface area contributed by atoms with Crippen LogP contribution in [0.2, 0.25) is 0 Å². The number of ether oxygens (including phenoxy) is 2. The van der Waals surface area contributed by atoms with Crippen molar-refractivity contribution in [2.75, 3.05) is 6.79 Å². The highest BCUT2D eigenvalue weighted by molar-refractivity contribution is 7.16. The Labute approximate surface area is 155 Å². The number of aromatic nitrogens is 1. The highest BCUT2D eigenvalue weighted by Crippen LogP contribution is 2.36. The van der Waals surface area contributed by atoms with Crippen LogP contribution in [0.5, 0.6) is 11.5 Å². The summed E-state index contributed by atoms with van der Waals surface area (Å²) in [6, 6.07) is 10.5. The van der Waals surface area contributed by atoms with Gasteiger partial charge in [0.05, 0.1) is 15.6 Å². The molecule has 3 heterocycles. The van der Waals surface area contributed by atoms with E-state index in [0.717, 1.165) is 10.2 Å². The number of carbonyl (C=O) groups is 1. The van der Waals surface area contributed by atoms with Crippen LogP contribution in [-0.4, -0.2) is 17.3 Å². The second-order valence-electron chi connectivity index (χ2n) is 6.01. The number of carbonyl (C=O) groups excluding carboxylic acids is 1. The molecule has 27 heavy (non-hydrogen) atoms. The average Bonchev–Trinajstić information content (AvgIpc) is 3.25. The Morgan fingerprint density at radius 2 is 1.96 bits per heavy atom. The van der Waals surface area contributed by atoms with Gasteiger partial charge in [0, 0.05) is 19.2 Å². The van der Waals surface area contributed by atoms with Crippen molar-refractivity contribution >= 4 is 38.4 Å². The molecule has 4 aromatic rings. The minimum atomic E-state index is -0.642. The fourth-order valence-electron chi connectivity index (χ4n) is 3.00. The molecule has 1 amide bonds. The van der Waals surface area contributed by atoms with Gasteiger partial charge in [-0.25, -0.2) is 0 Å². The maximum absolute atomic E-state index is 12.6. The monoisotopic (exact) mass is 380 g/mol. The lowest BCUT2D eigenvalue weighted by molar-refractivity contribution is 0.0995. The summed E-state index contributed by atoms with van der Waals surface area (Å²) in [4.78, 5) is 29.8. The van der Waals surface area contributed by atoms with Gasteiger partial charge in [-0.1, -0.05) is 23.5 Å². The van der Waals surface area contributed by atoms with E-state index < -0.39 is 11.3 Å². The van der Waals surface area contributed by atoms with Crippen molar-refractivity contribution in [3.8, 4) is 11.5 Å². The number of hydrogen-bond acceptors (Lipinski definition) is 6. The quantitative estimate of drug-likeness (QED) is 0.507. The Kier molecular flexibility index (Phi) is 3.41. The zero-order valence-electron chi connectivity index (χ0n) is 14.1. The molecule has 0 aliphatic carbocycles. The summed E-state index contributed by atoms with van der Waals surface area (Å²) in [5.41, 5.74) is 0.804. The van der Waals surface area contributed by atoms with Crippen molar-refractivity contribution in [1.29, 1.82) is 0 Å². The van der Waals surface area contributed by atoms with Crippen LogP contribution >= 0.6 is 11.3 Å².